The number of amides is 2. The number of hydrogen-bond donors (Lipinski definition) is 0. The van der Waals surface area contributed by atoms with E-state index in [1.807, 2.05) is 12.2 Å². The summed E-state index contributed by atoms with van der Waals surface area (Å²) in [4.78, 5) is 27.2. The van der Waals surface area contributed by atoms with E-state index in [1.54, 1.807) is 23.9 Å². The molecule has 0 fully saturated rings. The summed E-state index contributed by atoms with van der Waals surface area (Å²) in [6.45, 7) is 5.52. The SMILES string of the molecule is CCCCCCCCCCCCCCCCCC/C=C\CC(=O)N(C)CCCCS(=O)(=O)[O-].CCCCCCCCCCCCCCCCCC/C=C\CC(=O)N(C)CCCCS(=O)(=O)[O-].[Ca+2]. The molecule has 67 heavy (non-hydrogen) atoms. The summed E-state index contributed by atoms with van der Waals surface area (Å²) >= 11 is 0. The van der Waals surface area contributed by atoms with Crippen LogP contribution in [0.15, 0.2) is 24.3 Å². The Labute approximate surface area is 445 Å². The van der Waals surface area contributed by atoms with Crippen molar-refractivity contribution >= 4 is 69.8 Å². The average molecular weight is 1010 g/mol. The van der Waals surface area contributed by atoms with Gasteiger partial charge in [-0.05, 0) is 51.4 Å². The maximum Gasteiger partial charge on any atom is 2.00 e. The fourth-order valence-electron chi connectivity index (χ4n) is 8.04. The van der Waals surface area contributed by atoms with Crippen molar-refractivity contribution in [1.82, 2.24) is 9.80 Å². The van der Waals surface area contributed by atoms with E-state index < -0.39 is 20.2 Å². The van der Waals surface area contributed by atoms with E-state index in [-0.39, 0.29) is 61.1 Å². The largest absolute Gasteiger partial charge is 2.00 e. The van der Waals surface area contributed by atoms with Crippen molar-refractivity contribution in [3.8, 4) is 0 Å². The van der Waals surface area contributed by atoms with Crippen molar-refractivity contribution in [3.05, 3.63) is 24.3 Å². The van der Waals surface area contributed by atoms with Crippen LogP contribution in [-0.2, 0) is 29.8 Å². The molecule has 0 N–H and O–H groups in total. The van der Waals surface area contributed by atoms with Crippen molar-refractivity contribution in [2.24, 2.45) is 0 Å². The second-order valence-electron chi connectivity index (χ2n) is 19.1. The van der Waals surface area contributed by atoms with Crippen LogP contribution in [0.2, 0.25) is 0 Å². The molecule has 0 rings (SSSR count). The van der Waals surface area contributed by atoms with Crippen LogP contribution in [0.4, 0.5) is 0 Å². The molecule has 0 spiro atoms. The topological polar surface area (TPSA) is 155 Å². The van der Waals surface area contributed by atoms with Gasteiger partial charge in [0.25, 0.3) is 0 Å². The summed E-state index contributed by atoms with van der Waals surface area (Å²) in [6.07, 6.45) is 56.5. The Kier molecular flexibility index (Phi) is 56.3. The van der Waals surface area contributed by atoms with Crippen LogP contribution in [0, 0.1) is 0 Å². The molecule has 13 heteroatoms. The minimum atomic E-state index is -4.15. The van der Waals surface area contributed by atoms with E-state index >= 15 is 0 Å². The van der Waals surface area contributed by atoms with Gasteiger partial charge in [0.1, 0.15) is 0 Å². The van der Waals surface area contributed by atoms with E-state index in [0.717, 1.165) is 12.8 Å². The molecule has 0 aliphatic rings. The first-order chi connectivity index (χ1) is 31.7. The number of nitrogens with zero attached hydrogens (tertiary/aromatic N) is 2. The molecule has 0 atom stereocenters. The van der Waals surface area contributed by atoms with Gasteiger partial charge in [0.15, 0.2) is 0 Å². The van der Waals surface area contributed by atoms with Gasteiger partial charge in [0, 0.05) is 51.5 Å². The minimum Gasteiger partial charge on any atom is -0.748 e. The van der Waals surface area contributed by atoms with E-state index in [9.17, 15) is 35.5 Å². The fourth-order valence-corrected chi connectivity index (χ4v) is 9.16. The van der Waals surface area contributed by atoms with Gasteiger partial charge in [0.05, 0.1) is 20.2 Å². The van der Waals surface area contributed by atoms with Crippen LogP contribution >= 0.6 is 0 Å². The summed E-state index contributed by atoms with van der Waals surface area (Å²) < 4.78 is 63.4. The van der Waals surface area contributed by atoms with Gasteiger partial charge in [0.2, 0.25) is 11.8 Å². The first kappa shape index (κ1) is 70.8. The Morgan fingerprint density at radius 1 is 0.358 bits per heavy atom. The predicted molar refractivity (Wildman–Crippen MR) is 284 cm³/mol. The molecule has 0 radical (unpaired) electrons. The Morgan fingerprint density at radius 3 is 0.806 bits per heavy atom. The molecule has 0 aromatic carbocycles. The first-order valence-electron chi connectivity index (χ1n) is 27.4. The summed E-state index contributed by atoms with van der Waals surface area (Å²) in [5, 5.41) is 0. The van der Waals surface area contributed by atoms with Crippen LogP contribution < -0.4 is 0 Å². The molecular weight excluding hydrogens is 909 g/mol. The van der Waals surface area contributed by atoms with Crippen molar-refractivity contribution < 1.29 is 35.5 Å². The van der Waals surface area contributed by atoms with Crippen molar-refractivity contribution in [2.45, 2.75) is 271 Å². The monoisotopic (exact) mass is 1010 g/mol. The summed E-state index contributed by atoms with van der Waals surface area (Å²) in [5.41, 5.74) is 0. The Hall–Kier alpha value is -0.500. The maximum atomic E-state index is 12.0. The van der Waals surface area contributed by atoms with Crippen molar-refractivity contribution in [1.29, 1.82) is 0 Å². The predicted octanol–water partition coefficient (Wildman–Crippen LogP) is 14.4. The second kappa shape index (κ2) is 53.3. The number of carbonyl (C=O) groups excluding carboxylic acids is 2. The molecule has 0 aromatic heterocycles. The van der Waals surface area contributed by atoms with Gasteiger partial charge >= 0.3 is 37.7 Å². The van der Waals surface area contributed by atoms with E-state index in [0.29, 0.717) is 51.6 Å². The molecule has 0 bridgehead atoms. The van der Waals surface area contributed by atoms with Gasteiger partial charge < -0.3 is 18.9 Å². The molecule has 10 nitrogen and oxygen atoms in total. The molecule has 0 aliphatic heterocycles. The number of allylic oxidation sites excluding steroid dienone is 2. The van der Waals surface area contributed by atoms with Crippen LogP contribution in [0.5, 0.6) is 0 Å². The quantitative estimate of drug-likeness (QED) is 0.0252. The summed E-state index contributed by atoms with van der Waals surface area (Å²) in [5.74, 6) is -0.644. The van der Waals surface area contributed by atoms with E-state index in [1.165, 1.54) is 205 Å². The molecule has 0 heterocycles. The third kappa shape index (κ3) is 61.6. The van der Waals surface area contributed by atoms with Crippen molar-refractivity contribution in [3.63, 3.8) is 0 Å². The third-order valence-electron chi connectivity index (χ3n) is 12.5. The van der Waals surface area contributed by atoms with Gasteiger partial charge in [-0.3, -0.25) is 9.59 Å². The second-order valence-corrected chi connectivity index (χ2v) is 22.2. The summed E-state index contributed by atoms with van der Waals surface area (Å²) in [7, 11) is -4.86. The van der Waals surface area contributed by atoms with Gasteiger partial charge in [-0.1, -0.05) is 231 Å². The molecule has 0 aromatic rings. The molecule has 0 aliphatic carbocycles. The molecule has 392 valence electrons. The summed E-state index contributed by atoms with van der Waals surface area (Å²) in [6, 6.07) is 0. The Morgan fingerprint density at radius 2 is 0.582 bits per heavy atom. The minimum absolute atomic E-state index is 0. The van der Waals surface area contributed by atoms with E-state index in [4.69, 9.17) is 0 Å². The molecule has 0 unspecified atom stereocenters. The average Bonchev–Trinajstić information content (AvgIpc) is 3.27. The molecule has 0 saturated carbocycles. The normalized spacial score (nSPS) is 11.8. The number of carbonyl (C=O) groups is 2. The van der Waals surface area contributed by atoms with Gasteiger partial charge in [-0.25, -0.2) is 16.8 Å². The van der Waals surface area contributed by atoms with Crippen LogP contribution in [-0.4, -0.2) is 124 Å². The number of rotatable bonds is 48. The smallest absolute Gasteiger partial charge is 0.748 e. The number of unbranched alkanes of at least 4 members (excludes halogenated alkanes) is 34. The molecule has 0 saturated heterocycles. The Balaban J connectivity index is -0.00000120. The zero-order chi connectivity index (χ0) is 49.3. The van der Waals surface area contributed by atoms with Crippen LogP contribution in [0.3, 0.4) is 0 Å². The first-order valence-corrected chi connectivity index (χ1v) is 30.5. The van der Waals surface area contributed by atoms with Gasteiger partial charge in [-0.2, -0.15) is 0 Å². The van der Waals surface area contributed by atoms with Crippen LogP contribution in [0.25, 0.3) is 0 Å². The van der Waals surface area contributed by atoms with Gasteiger partial charge in [-0.15, -0.1) is 0 Å². The number of hydrogen-bond acceptors (Lipinski definition) is 8. The van der Waals surface area contributed by atoms with E-state index in [2.05, 4.69) is 26.0 Å². The molecule has 2 amide bonds. The maximum absolute atomic E-state index is 12.0. The van der Waals surface area contributed by atoms with Crippen LogP contribution in [0.1, 0.15) is 271 Å². The van der Waals surface area contributed by atoms with Crippen molar-refractivity contribution in [2.75, 3.05) is 38.7 Å². The Bertz CT molecular complexity index is 1260. The molecular formula is C54H104CaN2O8S2. The standard InChI is InChI=1S/2C27H53NO4S.Ca/c2*1-3-4-5-6-7-8-9-10-11-12-13-14-15-16-17-18-19-20-21-24-27(29)28(2)25-22-23-26-33(30,31)32;/h2*20-21H,3-19,22-26H2,1-2H3,(H,30,31,32);/q;;+2/p-2/b2*21-20-;. The third-order valence-corrected chi connectivity index (χ3v) is 14.1. The zero-order valence-electron chi connectivity index (χ0n) is 44.1. The fraction of sp³-hybridized carbons (Fsp3) is 0.889. The zero-order valence-corrected chi connectivity index (χ0v) is 47.9.